The molecule has 0 spiro atoms. The second-order valence-corrected chi connectivity index (χ2v) is 4.04. The van der Waals surface area contributed by atoms with Crippen molar-refractivity contribution >= 4 is 15.9 Å². The summed E-state index contributed by atoms with van der Waals surface area (Å²) in [5.74, 6) is 0. The lowest BCUT2D eigenvalue weighted by Crippen LogP contribution is -2.18. The molecule has 15 heavy (non-hydrogen) atoms. The van der Waals surface area contributed by atoms with Crippen LogP contribution in [0.4, 0.5) is 13.2 Å². The van der Waals surface area contributed by atoms with Crippen LogP contribution in [0.15, 0.2) is 28.7 Å². The van der Waals surface area contributed by atoms with Crippen molar-refractivity contribution in [1.29, 1.82) is 0 Å². The summed E-state index contributed by atoms with van der Waals surface area (Å²) < 4.78 is 41.2. The summed E-state index contributed by atoms with van der Waals surface area (Å²) >= 11 is 3.24. The molecule has 0 aliphatic heterocycles. The first-order valence-corrected chi connectivity index (χ1v) is 5.11. The van der Waals surface area contributed by atoms with Crippen LogP contribution in [-0.4, -0.2) is 12.8 Å². The molecule has 0 aromatic heterocycles. The first-order valence-electron chi connectivity index (χ1n) is 4.32. The Bertz CT molecular complexity index is 307. The van der Waals surface area contributed by atoms with E-state index in [2.05, 4.69) is 15.9 Å². The molecule has 1 rings (SSSR count). The van der Waals surface area contributed by atoms with Gasteiger partial charge in [-0.05, 0) is 24.6 Å². The zero-order valence-corrected chi connectivity index (χ0v) is 9.60. The quantitative estimate of drug-likeness (QED) is 0.811. The molecule has 0 bridgehead atoms. The first-order chi connectivity index (χ1) is 6.88. The Labute approximate surface area is 94.4 Å². The molecule has 84 valence electrons. The lowest BCUT2D eigenvalue weighted by Gasteiger charge is -2.14. The number of alkyl halides is 3. The molecule has 0 aliphatic rings. The Kier molecular flexibility index (Phi) is 4.16. The van der Waals surface area contributed by atoms with Crippen LogP contribution in [0.1, 0.15) is 18.6 Å². The van der Waals surface area contributed by atoms with Crippen LogP contribution in [0.5, 0.6) is 0 Å². The maximum absolute atomic E-state index is 11.9. The second-order valence-electron chi connectivity index (χ2n) is 3.12. The topological polar surface area (TPSA) is 9.23 Å². The van der Waals surface area contributed by atoms with Gasteiger partial charge in [0.05, 0.1) is 6.10 Å². The van der Waals surface area contributed by atoms with E-state index in [9.17, 15) is 13.2 Å². The summed E-state index contributed by atoms with van der Waals surface area (Å²) in [5.41, 5.74) is 0.724. The normalized spacial score (nSPS) is 13.9. The molecular formula is C10H10BrF3O. The van der Waals surface area contributed by atoms with E-state index in [1.807, 2.05) is 0 Å². The van der Waals surface area contributed by atoms with Crippen LogP contribution in [0.25, 0.3) is 0 Å². The predicted molar refractivity (Wildman–Crippen MR) is 54.6 cm³/mol. The third-order valence-electron chi connectivity index (χ3n) is 1.84. The zero-order valence-electron chi connectivity index (χ0n) is 8.01. The molecule has 0 heterocycles. The van der Waals surface area contributed by atoms with E-state index in [0.29, 0.717) is 0 Å². The van der Waals surface area contributed by atoms with Crippen LogP contribution in [0.2, 0.25) is 0 Å². The third kappa shape index (κ3) is 4.66. The number of ether oxygens (including phenoxy) is 1. The van der Waals surface area contributed by atoms with Gasteiger partial charge in [0, 0.05) is 4.47 Å². The van der Waals surface area contributed by atoms with Crippen LogP contribution in [-0.2, 0) is 4.74 Å². The van der Waals surface area contributed by atoms with Crippen molar-refractivity contribution < 1.29 is 17.9 Å². The number of rotatable bonds is 3. The molecule has 1 atom stereocenters. The van der Waals surface area contributed by atoms with Crippen LogP contribution >= 0.6 is 15.9 Å². The highest BCUT2D eigenvalue weighted by molar-refractivity contribution is 9.10. The summed E-state index contributed by atoms with van der Waals surface area (Å²) in [6.45, 7) is 0.374. The van der Waals surface area contributed by atoms with Crippen molar-refractivity contribution in [2.45, 2.75) is 19.2 Å². The average Bonchev–Trinajstić information content (AvgIpc) is 2.14. The Morgan fingerprint density at radius 1 is 1.27 bits per heavy atom. The molecule has 1 aromatic rings. The highest BCUT2D eigenvalue weighted by atomic mass is 79.9. The smallest absolute Gasteiger partial charge is 0.364 e. The third-order valence-corrected chi connectivity index (χ3v) is 2.37. The molecule has 5 heteroatoms. The lowest BCUT2D eigenvalue weighted by molar-refractivity contribution is -0.184. The maximum Gasteiger partial charge on any atom is 0.411 e. The minimum atomic E-state index is -4.27. The predicted octanol–water partition coefficient (Wildman–Crippen LogP) is 4.09. The van der Waals surface area contributed by atoms with Gasteiger partial charge in [-0.2, -0.15) is 13.2 Å². The minimum Gasteiger partial charge on any atom is -0.364 e. The van der Waals surface area contributed by atoms with Crippen LogP contribution in [0.3, 0.4) is 0 Å². The largest absolute Gasteiger partial charge is 0.411 e. The van der Waals surface area contributed by atoms with Gasteiger partial charge in [-0.25, -0.2) is 0 Å². The fourth-order valence-corrected chi connectivity index (χ4v) is 1.31. The average molecular weight is 283 g/mol. The highest BCUT2D eigenvalue weighted by Crippen LogP contribution is 2.23. The van der Waals surface area contributed by atoms with Gasteiger partial charge in [0.1, 0.15) is 6.61 Å². The number of halogens is 4. The van der Waals surface area contributed by atoms with Crippen molar-refractivity contribution in [1.82, 2.24) is 0 Å². The molecule has 0 N–H and O–H groups in total. The SMILES string of the molecule is CC(OCC(F)(F)F)c1ccc(Br)cc1. The van der Waals surface area contributed by atoms with Gasteiger partial charge in [0.25, 0.3) is 0 Å². The Hall–Kier alpha value is -0.550. The van der Waals surface area contributed by atoms with Gasteiger partial charge in [0.15, 0.2) is 0 Å². The molecule has 0 fully saturated rings. The first kappa shape index (κ1) is 12.5. The van der Waals surface area contributed by atoms with Crippen molar-refractivity contribution in [3.05, 3.63) is 34.3 Å². The Balaban J connectivity index is 2.54. The van der Waals surface area contributed by atoms with Crippen LogP contribution in [0, 0.1) is 0 Å². The minimum absolute atomic E-state index is 0.556. The van der Waals surface area contributed by atoms with Gasteiger partial charge >= 0.3 is 6.18 Å². The van der Waals surface area contributed by atoms with E-state index >= 15 is 0 Å². The van der Waals surface area contributed by atoms with Gasteiger partial charge in [-0.3, -0.25) is 0 Å². The molecular weight excluding hydrogens is 273 g/mol. The summed E-state index contributed by atoms with van der Waals surface area (Å²) in [7, 11) is 0. The van der Waals surface area contributed by atoms with Crippen molar-refractivity contribution in [3.63, 3.8) is 0 Å². The van der Waals surface area contributed by atoms with E-state index in [0.717, 1.165) is 10.0 Å². The van der Waals surface area contributed by atoms with E-state index in [1.165, 1.54) is 0 Å². The number of benzene rings is 1. The van der Waals surface area contributed by atoms with Crippen LogP contribution < -0.4 is 0 Å². The van der Waals surface area contributed by atoms with Gasteiger partial charge in [0.2, 0.25) is 0 Å². The molecule has 0 radical (unpaired) electrons. The molecule has 0 saturated carbocycles. The van der Waals surface area contributed by atoms with E-state index in [-0.39, 0.29) is 0 Å². The molecule has 0 amide bonds. The highest BCUT2D eigenvalue weighted by Gasteiger charge is 2.28. The molecule has 0 saturated heterocycles. The number of hydrogen-bond donors (Lipinski definition) is 0. The number of hydrogen-bond acceptors (Lipinski definition) is 1. The lowest BCUT2D eigenvalue weighted by atomic mass is 10.1. The summed E-state index contributed by atoms with van der Waals surface area (Å²) in [6.07, 6.45) is -4.83. The molecule has 1 aromatic carbocycles. The van der Waals surface area contributed by atoms with E-state index in [1.54, 1.807) is 31.2 Å². The fourth-order valence-electron chi connectivity index (χ4n) is 1.05. The van der Waals surface area contributed by atoms with Gasteiger partial charge in [-0.1, -0.05) is 28.1 Å². The Morgan fingerprint density at radius 3 is 2.27 bits per heavy atom. The fraction of sp³-hybridized carbons (Fsp3) is 0.400. The van der Waals surface area contributed by atoms with E-state index in [4.69, 9.17) is 4.74 Å². The summed E-state index contributed by atoms with van der Waals surface area (Å²) in [5, 5.41) is 0. The standard InChI is InChI=1S/C10H10BrF3O/c1-7(15-6-10(12,13)14)8-2-4-9(11)5-3-8/h2-5,7H,6H2,1H3. The van der Waals surface area contributed by atoms with Gasteiger partial charge < -0.3 is 4.74 Å². The molecule has 1 unspecified atom stereocenters. The van der Waals surface area contributed by atoms with Crippen molar-refractivity contribution in [3.8, 4) is 0 Å². The molecule has 0 aliphatic carbocycles. The van der Waals surface area contributed by atoms with Gasteiger partial charge in [-0.15, -0.1) is 0 Å². The summed E-state index contributed by atoms with van der Waals surface area (Å²) in [4.78, 5) is 0. The van der Waals surface area contributed by atoms with E-state index < -0.39 is 18.9 Å². The van der Waals surface area contributed by atoms with Crippen molar-refractivity contribution in [2.24, 2.45) is 0 Å². The van der Waals surface area contributed by atoms with Crippen molar-refractivity contribution in [2.75, 3.05) is 6.61 Å². The monoisotopic (exact) mass is 282 g/mol. The maximum atomic E-state index is 11.9. The Morgan fingerprint density at radius 2 is 1.80 bits per heavy atom. The zero-order chi connectivity index (χ0) is 11.5. The second kappa shape index (κ2) is 4.99. The summed E-state index contributed by atoms with van der Waals surface area (Å²) in [6, 6.07) is 6.99. The molecule has 1 nitrogen and oxygen atoms in total.